The molecule has 0 amide bonds. The van der Waals surface area contributed by atoms with E-state index in [0.717, 1.165) is 6.42 Å². The monoisotopic (exact) mass is 239 g/mol. The van der Waals surface area contributed by atoms with E-state index in [-0.39, 0.29) is 17.8 Å². The summed E-state index contributed by atoms with van der Waals surface area (Å²) >= 11 is 0. The van der Waals surface area contributed by atoms with Gasteiger partial charge in [-0.15, -0.1) is 0 Å². The molecule has 0 radical (unpaired) electrons. The van der Waals surface area contributed by atoms with E-state index in [1.807, 2.05) is 6.92 Å². The SMILES string of the molecule is CCOC(=O)c1oc(C2COC(C)C2)nc1C. The smallest absolute Gasteiger partial charge is 0.376 e. The predicted octanol–water partition coefficient (Wildman–Crippen LogP) is 2.05. The Hall–Kier alpha value is -1.36. The number of carbonyl (C=O) groups is 1. The van der Waals surface area contributed by atoms with E-state index in [1.54, 1.807) is 13.8 Å². The van der Waals surface area contributed by atoms with Gasteiger partial charge in [-0.05, 0) is 27.2 Å². The Morgan fingerprint density at radius 1 is 1.59 bits per heavy atom. The zero-order valence-corrected chi connectivity index (χ0v) is 10.4. The zero-order chi connectivity index (χ0) is 12.4. The van der Waals surface area contributed by atoms with Crippen molar-refractivity contribution in [1.29, 1.82) is 0 Å². The van der Waals surface area contributed by atoms with Crippen molar-refractivity contribution in [3.8, 4) is 0 Å². The highest BCUT2D eigenvalue weighted by Gasteiger charge is 2.29. The van der Waals surface area contributed by atoms with Crippen LogP contribution in [0.3, 0.4) is 0 Å². The molecule has 0 N–H and O–H groups in total. The van der Waals surface area contributed by atoms with Gasteiger partial charge in [0.1, 0.15) is 0 Å². The lowest BCUT2D eigenvalue weighted by atomic mass is 10.1. The number of rotatable bonds is 3. The summed E-state index contributed by atoms with van der Waals surface area (Å²) in [6.45, 7) is 6.46. The molecule has 0 aliphatic carbocycles. The summed E-state index contributed by atoms with van der Waals surface area (Å²) in [5.41, 5.74) is 0.581. The van der Waals surface area contributed by atoms with Gasteiger partial charge in [0, 0.05) is 0 Å². The fourth-order valence-electron chi connectivity index (χ4n) is 1.97. The molecule has 5 heteroatoms. The van der Waals surface area contributed by atoms with E-state index in [9.17, 15) is 4.79 Å². The molecular weight excluding hydrogens is 222 g/mol. The second kappa shape index (κ2) is 4.87. The van der Waals surface area contributed by atoms with Crippen molar-refractivity contribution < 1.29 is 18.7 Å². The lowest BCUT2D eigenvalue weighted by Gasteiger charge is -2.01. The molecule has 1 aromatic rings. The largest absolute Gasteiger partial charge is 0.460 e. The first-order valence-corrected chi connectivity index (χ1v) is 5.87. The van der Waals surface area contributed by atoms with Crippen molar-refractivity contribution in [2.24, 2.45) is 0 Å². The number of aromatic nitrogens is 1. The Balaban J connectivity index is 2.15. The van der Waals surface area contributed by atoms with E-state index in [1.165, 1.54) is 0 Å². The number of hydrogen-bond acceptors (Lipinski definition) is 5. The number of aryl methyl sites for hydroxylation is 1. The first-order valence-electron chi connectivity index (χ1n) is 5.87. The first-order chi connectivity index (χ1) is 8.11. The topological polar surface area (TPSA) is 61.6 Å². The number of oxazole rings is 1. The summed E-state index contributed by atoms with van der Waals surface area (Å²) in [7, 11) is 0. The molecule has 2 heterocycles. The molecule has 0 spiro atoms. The van der Waals surface area contributed by atoms with Crippen LogP contribution in [0, 0.1) is 6.92 Å². The van der Waals surface area contributed by atoms with E-state index in [2.05, 4.69) is 4.98 Å². The Morgan fingerprint density at radius 3 is 2.94 bits per heavy atom. The van der Waals surface area contributed by atoms with E-state index < -0.39 is 5.97 Å². The minimum Gasteiger partial charge on any atom is -0.460 e. The molecule has 1 fully saturated rings. The standard InChI is InChI=1S/C12H17NO4/c1-4-15-12(14)10-8(3)13-11(17-10)9-5-7(2)16-6-9/h7,9H,4-6H2,1-3H3. The average Bonchev–Trinajstić information content (AvgIpc) is 2.85. The maximum Gasteiger partial charge on any atom is 0.376 e. The van der Waals surface area contributed by atoms with Crippen LogP contribution in [0.15, 0.2) is 4.42 Å². The van der Waals surface area contributed by atoms with Crippen LogP contribution in [-0.4, -0.2) is 30.3 Å². The summed E-state index contributed by atoms with van der Waals surface area (Å²) in [6, 6.07) is 0. The maximum absolute atomic E-state index is 11.6. The second-order valence-corrected chi connectivity index (χ2v) is 4.26. The molecule has 2 atom stereocenters. The highest BCUT2D eigenvalue weighted by Crippen LogP contribution is 2.29. The van der Waals surface area contributed by atoms with Gasteiger partial charge in [0.15, 0.2) is 0 Å². The normalized spacial score (nSPS) is 23.9. The van der Waals surface area contributed by atoms with Gasteiger partial charge >= 0.3 is 5.97 Å². The van der Waals surface area contributed by atoms with E-state index in [4.69, 9.17) is 13.9 Å². The summed E-state index contributed by atoms with van der Waals surface area (Å²) < 4.78 is 15.9. The number of carbonyl (C=O) groups excluding carboxylic acids is 1. The van der Waals surface area contributed by atoms with Crippen LogP contribution in [0.5, 0.6) is 0 Å². The second-order valence-electron chi connectivity index (χ2n) is 4.26. The van der Waals surface area contributed by atoms with Crippen molar-refractivity contribution >= 4 is 5.97 Å². The van der Waals surface area contributed by atoms with Crippen LogP contribution < -0.4 is 0 Å². The Labute approximate surface area is 100 Å². The predicted molar refractivity (Wildman–Crippen MR) is 60.0 cm³/mol. The van der Waals surface area contributed by atoms with Crippen molar-refractivity contribution in [3.63, 3.8) is 0 Å². The van der Waals surface area contributed by atoms with Gasteiger partial charge in [0.05, 0.1) is 30.9 Å². The summed E-state index contributed by atoms with van der Waals surface area (Å²) in [5, 5.41) is 0. The van der Waals surface area contributed by atoms with Gasteiger partial charge in [-0.1, -0.05) is 0 Å². The third-order valence-electron chi connectivity index (χ3n) is 2.82. The van der Waals surface area contributed by atoms with Gasteiger partial charge in [-0.3, -0.25) is 0 Å². The molecule has 17 heavy (non-hydrogen) atoms. The lowest BCUT2D eigenvalue weighted by molar-refractivity contribution is 0.0485. The Morgan fingerprint density at radius 2 is 2.35 bits per heavy atom. The van der Waals surface area contributed by atoms with Gasteiger partial charge in [0.25, 0.3) is 0 Å². The number of ether oxygens (including phenoxy) is 2. The van der Waals surface area contributed by atoms with E-state index in [0.29, 0.717) is 24.8 Å². The fraction of sp³-hybridized carbons (Fsp3) is 0.667. The molecular formula is C12H17NO4. The van der Waals surface area contributed by atoms with Crippen molar-refractivity contribution in [2.45, 2.75) is 39.2 Å². The number of nitrogens with zero attached hydrogens (tertiary/aromatic N) is 1. The molecule has 94 valence electrons. The molecule has 1 saturated heterocycles. The quantitative estimate of drug-likeness (QED) is 0.755. The molecule has 5 nitrogen and oxygen atoms in total. The number of esters is 1. The maximum atomic E-state index is 11.6. The fourth-order valence-corrected chi connectivity index (χ4v) is 1.97. The van der Waals surface area contributed by atoms with Crippen LogP contribution in [0.25, 0.3) is 0 Å². The Bertz CT molecular complexity index is 413. The van der Waals surface area contributed by atoms with Crippen molar-refractivity contribution in [2.75, 3.05) is 13.2 Å². The van der Waals surface area contributed by atoms with Crippen molar-refractivity contribution in [3.05, 3.63) is 17.3 Å². The Kier molecular flexibility index (Phi) is 3.47. The third kappa shape index (κ3) is 2.49. The van der Waals surface area contributed by atoms with Crippen molar-refractivity contribution in [1.82, 2.24) is 4.98 Å². The molecule has 0 bridgehead atoms. The summed E-state index contributed by atoms with van der Waals surface area (Å²) in [4.78, 5) is 15.9. The average molecular weight is 239 g/mol. The van der Waals surface area contributed by atoms with Crippen LogP contribution in [0.1, 0.15) is 48.3 Å². The molecule has 1 aromatic heterocycles. The van der Waals surface area contributed by atoms with Crippen LogP contribution >= 0.6 is 0 Å². The lowest BCUT2D eigenvalue weighted by Crippen LogP contribution is -2.04. The first kappa shape index (κ1) is 12.1. The minimum atomic E-state index is -0.448. The molecule has 2 unspecified atom stereocenters. The van der Waals surface area contributed by atoms with Gasteiger partial charge in [-0.25, -0.2) is 9.78 Å². The minimum absolute atomic E-state index is 0.145. The molecule has 2 rings (SSSR count). The van der Waals surface area contributed by atoms with Crippen LogP contribution in [-0.2, 0) is 9.47 Å². The molecule has 0 saturated carbocycles. The summed E-state index contributed by atoms with van der Waals surface area (Å²) in [5.74, 6) is 0.485. The molecule has 1 aliphatic rings. The zero-order valence-electron chi connectivity index (χ0n) is 10.4. The highest BCUT2D eigenvalue weighted by atomic mass is 16.5. The van der Waals surface area contributed by atoms with Gasteiger partial charge in [0.2, 0.25) is 11.7 Å². The van der Waals surface area contributed by atoms with Crippen LogP contribution in [0.2, 0.25) is 0 Å². The van der Waals surface area contributed by atoms with Crippen LogP contribution in [0.4, 0.5) is 0 Å². The van der Waals surface area contributed by atoms with Gasteiger partial charge < -0.3 is 13.9 Å². The molecule has 0 aromatic carbocycles. The third-order valence-corrected chi connectivity index (χ3v) is 2.82. The number of hydrogen-bond donors (Lipinski definition) is 0. The van der Waals surface area contributed by atoms with Gasteiger partial charge in [-0.2, -0.15) is 0 Å². The highest BCUT2D eigenvalue weighted by molar-refractivity contribution is 5.87. The summed E-state index contributed by atoms with van der Waals surface area (Å²) in [6.07, 6.45) is 1.10. The molecule has 1 aliphatic heterocycles. The van der Waals surface area contributed by atoms with E-state index >= 15 is 0 Å².